The molecule has 4 aliphatic heterocycles. The molecule has 7 aliphatic rings. The van der Waals surface area contributed by atoms with E-state index in [4.69, 9.17) is 37.9 Å². The van der Waals surface area contributed by atoms with Crippen molar-refractivity contribution in [2.75, 3.05) is 6.61 Å². The van der Waals surface area contributed by atoms with Crippen molar-refractivity contribution in [3.05, 3.63) is 24.3 Å². The Hall–Kier alpha value is -1.24. The van der Waals surface area contributed by atoms with Crippen molar-refractivity contribution < 1.29 is 89.0 Å². The van der Waals surface area contributed by atoms with Crippen LogP contribution >= 0.6 is 0 Å². The highest BCUT2D eigenvalue weighted by Gasteiger charge is 2.61. The normalized spacial score (nSPS) is 55.0. The van der Waals surface area contributed by atoms with Crippen molar-refractivity contribution in [2.45, 2.75) is 209 Å². The largest absolute Gasteiger partial charge is 0.394 e. The Morgan fingerprint density at radius 3 is 1.72 bits per heavy atom. The maximum absolute atomic E-state index is 11.5. The van der Waals surface area contributed by atoms with Crippen LogP contribution in [-0.4, -0.2) is 187 Å². The van der Waals surface area contributed by atoms with Crippen LogP contribution in [0.2, 0.25) is 0 Å². The molecule has 25 atom stereocenters. The lowest BCUT2D eigenvalue weighted by molar-refractivity contribution is -0.364. The van der Waals surface area contributed by atoms with Gasteiger partial charge < -0.3 is 89.0 Å². The van der Waals surface area contributed by atoms with Gasteiger partial charge in [-0.25, -0.2) is 0 Å². The summed E-state index contributed by atoms with van der Waals surface area (Å²) in [6, 6.07) is 0. The first-order chi connectivity index (χ1) is 28.6. The quantitative estimate of drug-likeness (QED) is 0.119. The lowest BCUT2D eigenvalue weighted by Gasteiger charge is -2.62. The van der Waals surface area contributed by atoms with Gasteiger partial charge in [0.15, 0.2) is 25.2 Å². The fraction of sp³-hybridized carbons (Fsp3) is 0.907. The van der Waals surface area contributed by atoms with Gasteiger partial charge in [-0.05, 0) is 75.5 Å². The monoisotopic (exact) mass is 874 g/mol. The van der Waals surface area contributed by atoms with Crippen LogP contribution in [0.3, 0.4) is 0 Å². The average Bonchev–Trinajstić information content (AvgIpc) is 3.51. The summed E-state index contributed by atoms with van der Waals surface area (Å²) >= 11 is 0. The van der Waals surface area contributed by atoms with E-state index in [0.717, 1.165) is 19.3 Å². The number of hydrogen-bond donors (Lipinski definition) is 10. The molecule has 2 saturated carbocycles. The lowest BCUT2D eigenvalue weighted by atomic mass is 9.44. The Bertz CT molecular complexity index is 1570. The van der Waals surface area contributed by atoms with E-state index in [1.165, 1.54) is 19.4 Å². The molecule has 0 spiro atoms. The van der Waals surface area contributed by atoms with Gasteiger partial charge in [-0.1, -0.05) is 45.4 Å². The molecule has 18 heteroatoms. The summed E-state index contributed by atoms with van der Waals surface area (Å²) in [5, 5.41) is 107. The van der Waals surface area contributed by atoms with E-state index in [9.17, 15) is 51.1 Å². The summed E-state index contributed by atoms with van der Waals surface area (Å²) in [5.41, 5.74) is 0.0355. The molecule has 7 rings (SSSR count). The number of aliphatic hydroxyl groups excluding tert-OH is 10. The highest BCUT2D eigenvalue weighted by molar-refractivity contribution is 5.29. The predicted molar refractivity (Wildman–Crippen MR) is 211 cm³/mol. The molecular formula is C43H70O18. The third kappa shape index (κ3) is 8.44. The van der Waals surface area contributed by atoms with Crippen molar-refractivity contribution in [1.82, 2.24) is 0 Å². The van der Waals surface area contributed by atoms with Crippen molar-refractivity contribution in [1.29, 1.82) is 0 Å². The molecule has 6 fully saturated rings. The predicted octanol–water partition coefficient (Wildman–Crippen LogP) is -0.898. The summed E-state index contributed by atoms with van der Waals surface area (Å²) in [7, 11) is 0. The maximum atomic E-state index is 11.5. The van der Waals surface area contributed by atoms with Gasteiger partial charge in [0.1, 0.15) is 73.2 Å². The summed E-state index contributed by atoms with van der Waals surface area (Å²) in [6.45, 7) is 16.8. The minimum Gasteiger partial charge on any atom is -0.394 e. The standard InChI is InChI=1S/C43H70O18/c1-9-42(7)15-20-10-11-23-41(5,6)24(12-13-43(23,8)21(20)14-25(42)59-37-32(51)30(49)26(45)17(2)54-37)58-40-36(29(48)22(16-44)57-40)61-39-34(53)35(28(47)19(4)56-39)60-38-33(52)31(50)27(46)18(3)55-38/h9,15,17-19,21-40,44-53H,1,10-14,16H2,2-8H3/t17-,18-,19-,21-,22+,23-,24-,25+,26+,27+,28+,29+,30+,31+,32-,33-,34-,35+,36-,37+,38+,39+,40+,42-,43+/m1/s1. The molecule has 10 N–H and O–H groups in total. The first kappa shape index (κ1) is 47.7. The van der Waals surface area contributed by atoms with Gasteiger partial charge in [0, 0.05) is 5.41 Å². The first-order valence-corrected chi connectivity index (χ1v) is 21.9. The van der Waals surface area contributed by atoms with Gasteiger partial charge in [0.05, 0.1) is 37.1 Å². The van der Waals surface area contributed by atoms with Crippen molar-refractivity contribution in [2.24, 2.45) is 28.1 Å². The molecule has 0 aromatic heterocycles. The number of hydrogen-bond acceptors (Lipinski definition) is 18. The van der Waals surface area contributed by atoms with Crippen LogP contribution in [0, 0.1) is 28.1 Å². The Morgan fingerprint density at radius 1 is 0.623 bits per heavy atom. The van der Waals surface area contributed by atoms with Crippen LogP contribution < -0.4 is 0 Å². The molecule has 350 valence electrons. The molecule has 3 aliphatic carbocycles. The zero-order valence-corrected chi connectivity index (χ0v) is 36.1. The van der Waals surface area contributed by atoms with E-state index in [1.54, 1.807) is 6.92 Å². The van der Waals surface area contributed by atoms with E-state index in [2.05, 4.69) is 33.4 Å². The summed E-state index contributed by atoms with van der Waals surface area (Å²) in [4.78, 5) is 0. The molecular weight excluding hydrogens is 804 g/mol. The van der Waals surface area contributed by atoms with Gasteiger partial charge >= 0.3 is 0 Å². The van der Waals surface area contributed by atoms with Gasteiger partial charge in [-0.15, -0.1) is 6.58 Å². The van der Waals surface area contributed by atoms with Crippen molar-refractivity contribution in [3.8, 4) is 0 Å². The molecule has 0 radical (unpaired) electrons. The Labute approximate surface area is 356 Å². The number of allylic oxidation sites excluding steroid dienone is 1. The van der Waals surface area contributed by atoms with Crippen molar-refractivity contribution >= 4 is 0 Å². The first-order valence-electron chi connectivity index (χ1n) is 21.9. The number of ether oxygens (including phenoxy) is 8. The van der Waals surface area contributed by atoms with Crippen LogP contribution in [0.1, 0.15) is 80.6 Å². The van der Waals surface area contributed by atoms with Crippen LogP contribution in [-0.2, 0) is 37.9 Å². The molecule has 4 saturated heterocycles. The second-order valence-corrected chi connectivity index (χ2v) is 19.8. The van der Waals surface area contributed by atoms with Gasteiger partial charge in [-0.3, -0.25) is 0 Å². The number of rotatable bonds is 10. The molecule has 61 heavy (non-hydrogen) atoms. The van der Waals surface area contributed by atoms with E-state index in [1.807, 2.05) is 13.0 Å². The molecule has 18 nitrogen and oxygen atoms in total. The second kappa shape index (κ2) is 17.9. The van der Waals surface area contributed by atoms with E-state index < -0.39 is 146 Å². The minimum atomic E-state index is -1.71. The topological polar surface area (TPSA) is 276 Å². The molecule has 0 unspecified atom stereocenters. The van der Waals surface area contributed by atoms with Gasteiger partial charge in [0.25, 0.3) is 0 Å². The SMILES string of the molecule is C=C[C@]1(C)C=C2CC[C@@H]3C(C)(C)[C@H](O[C@@H]4O[C@@H](CO)[C@H](O)[C@H]4O[C@@H]4O[C@H](C)[C@H](O)[C@H](O[C@@H]5O[C@H](C)[C@H](O)[C@H](O)[C@H]5O)[C@H]4O)CC[C@@]3(C)[C@@H]2C[C@@H]1O[C@@H]1O[C@H](C)[C@H](O)[C@H](O)[C@H]1O. The average molecular weight is 875 g/mol. The van der Waals surface area contributed by atoms with Crippen LogP contribution in [0.4, 0.5) is 0 Å². The van der Waals surface area contributed by atoms with Gasteiger partial charge in [-0.2, -0.15) is 0 Å². The molecule has 4 heterocycles. The third-order valence-electron chi connectivity index (χ3n) is 15.6. The highest BCUT2D eigenvalue weighted by Crippen LogP contribution is 2.65. The van der Waals surface area contributed by atoms with E-state index in [0.29, 0.717) is 12.8 Å². The molecule has 0 aromatic rings. The van der Waals surface area contributed by atoms with Gasteiger partial charge in [0.2, 0.25) is 0 Å². The van der Waals surface area contributed by atoms with Crippen LogP contribution in [0.5, 0.6) is 0 Å². The van der Waals surface area contributed by atoms with E-state index in [-0.39, 0.29) is 17.3 Å². The zero-order valence-electron chi connectivity index (χ0n) is 36.1. The summed E-state index contributed by atoms with van der Waals surface area (Å²) in [6.07, 6.45) is -18.5. The molecule has 0 amide bonds. The highest BCUT2D eigenvalue weighted by atomic mass is 16.8. The Morgan fingerprint density at radius 2 is 1.15 bits per heavy atom. The fourth-order valence-corrected chi connectivity index (χ4v) is 11.5. The minimum absolute atomic E-state index is 0.0895. The fourth-order valence-electron chi connectivity index (χ4n) is 11.5. The number of aliphatic hydroxyl groups is 10. The second-order valence-electron chi connectivity index (χ2n) is 19.8. The number of fused-ring (bicyclic) bond motifs is 3. The van der Waals surface area contributed by atoms with Crippen LogP contribution in [0.15, 0.2) is 24.3 Å². The Balaban J connectivity index is 1.06. The summed E-state index contributed by atoms with van der Waals surface area (Å²) in [5.74, 6) is 0.220. The third-order valence-corrected chi connectivity index (χ3v) is 15.6. The van der Waals surface area contributed by atoms with Crippen molar-refractivity contribution in [3.63, 3.8) is 0 Å². The van der Waals surface area contributed by atoms with Crippen LogP contribution in [0.25, 0.3) is 0 Å². The molecule has 0 aromatic carbocycles. The zero-order chi connectivity index (χ0) is 44.7. The Kier molecular flexibility index (Phi) is 14.0. The molecule has 0 bridgehead atoms. The summed E-state index contributed by atoms with van der Waals surface area (Å²) < 4.78 is 48.7. The maximum Gasteiger partial charge on any atom is 0.187 e. The van der Waals surface area contributed by atoms with E-state index >= 15 is 0 Å². The lowest BCUT2D eigenvalue weighted by Crippen LogP contribution is -2.64. The smallest absolute Gasteiger partial charge is 0.187 e.